The molecule has 0 atom stereocenters. The van der Waals surface area contributed by atoms with Crippen LogP contribution in [0.15, 0.2) is 39.6 Å². The third-order valence-corrected chi connectivity index (χ3v) is 3.78. The molecule has 0 amide bonds. The summed E-state index contributed by atoms with van der Waals surface area (Å²) in [6.07, 6.45) is 0. The molecule has 0 spiro atoms. The molecule has 1 heterocycles. The highest BCUT2D eigenvalue weighted by molar-refractivity contribution is 9.10. The van der Waals surface area contributed by atoms with Crippen molar-refractivity contribution in [3.8, 4) is 6.07 Å². The Bertz CT molecular complexity index is 743. The Morgan fingerprint density at radius 1 is 1.33 bits per heavy atom. The first-order valence-electron chi connectivity index (χ1n) is 6.43. The van der Waals surface area contributed by atoms with Crippen molar-refractivity contribution in [3.63, 3.8) is 0 Å². The Kier molecular flexibility index (Phi) is 4.94. The van der Waals surface area contributed by atoms with Crippen LogP contribution in [-0.4, -0.2) is 11.7 Å². The molecule has 4 nitrogen and oxygen atoms in total. The van der Waals surface area contributed by atoms with E-state index in [-0.39, 0.29) is 17.7 Å². The van der Waals surface area contributed by atoms with Crippen molar-refractivity contribution in [2.45, 2.75) is 20.1 Å². The standard InChI is InChI=1S/C16H15BrN2O2/c1-11-7-13(10-21-2)15(8-18)16(20)19(11)9-12-3-5-14(17)6-4-12/h3-7H,9-10H2,1-2H3. The van der Waals surface area contributed by atoms with Gasteiger partial charge in [0.05, 0.1) is 13.2 Å². The number of ether oxygens (including phenoxy) is 1. The van der Waals surface area contributed by atoms with Crippen LogP contribution in [-0.2, 0) is 17.9 Å². The average molecular weight is 347 g/mol. The largest absolute Gasteiger partial charge is 0.380 e. The number of aryl methyl sites for hydroxylation is 1. The first kappa shape index (κ1) is 15.5. The fourth-order valence-electron chi connectivity index (χ4n) is 2.19. The van der Waals surface area contributed by atoms with Crippen LogP contribution in [0, 0.1) is 18.3 Å². The summed E-state index contributed by atoms with van der Waals surface area (Å²) in [6.45, 7) is 2.57. The van der Waals surface area contributed by atoms with E-state index in [4.69, 9.17) is 4.74 Å². The number of nitriles is 1. The number of hydrogen-bond donors (Lipinski definition) is 0. The molecule has 0 fully saturated rings. The summed E-state index contributed by atoms with van der Waals surface area (Å²) in [4.78, 5) is 12.5. The first-order chi connectivity index (χ1) is 10.1. The maximum atomic E-state index is 12.5. The summed E-state index contributed by atoms with van der Waals surface area (Å²) in [6, 6.07) is 11.6. The zero-order chi connectivity index (χ0) is 15.4. The Hall–Kier alpha value is -1.90. The van der Waals surface area contributed by atoms with E-state index in [0.29, 0.717) is 12.1 Å². The number of aromatic nitrogens is 1. The Morgan fingerprint density at radius 2 is 2.00 bits per heavy atom. The molecule has 0 N–H and O–H groups in total. The molecule has 1 aromatic carbocycles. The molecule has 21 heavy (non-hydrogen) atoms. The number of pyridine rings is 1. The van der Waals surface area contributed by atoms with Crippen molar-refractivity contribution in [3.05, 3.63) is 67.5 Å². The predicted molar refractivity (Wildman–Crippen MR) is 84.1 cm³/mol. The SMILES string of the molecule is COCc1cc(C)n(Cc2ccc(Br)cc2)c(=O)c1C#N. The number of rotatable bonds is 4. The van der Waals surface area contributed by atoms with E-state index in [1.807, 2.05) is 43.3 Å². The fourth-order valence-corrected chi connectivity index (χ4v) is 2.46. The Labute approximate surface area is 131 Å². The Morgan fingerprint density at radius 3 is 2.57 bits per heavy atom. The predicted octanol–water partition coefficient (Wildman–Crippen LogP) is 2.99. The summed E-state index contributed by atoms with van der Waals surface area (Å²) in [5, 5.41) is 9.22. The molecule has 0 unspecified atom stereocenters. The second kappa shape index (κ2) is 6.70. The van der Waals surface area contributed by atoms with Crippen molar-refractivity contribution in [2.75, 3.05) is 7.11 Å². The third-order valence-electron chi connectivity index (χ3n) is 3.25. The molecule has 5 heteroatoms. The zero-order valence-corrected chi connectivity index (χ0v) is 13.5. The van der Waals surface area contributed by atoms with Crippen LogP contribution in [0.3, 0.4) is 0 Å². The lowest BCUT2D eigenvalue weighted by Gasteiger charge is -2.13. The van der Waals surface area contributed by atoms with Crippen molar-refractivity contribution >= 4 is 15.9 Å². The second-order valence-electron chi connectivity index (χ2n) is 4.75. The van der Waals surface area contributed by atoms with E-state index < -0.39 is 0 Å². The number of halogens is 1. The summed E-state index contributed by atoms with van der Waals surface area (Å²) in [5.41, 5.74) is 2.34. The highest BCUT2D eigenvalue weighted by atomic mass is 79.9. The number of methoxy groups -OCH3 is 1. The van der Waals surface area contributed by atoms with Crippen LogP contribution >= 0.6 is 15.9 Å². The number of nitrogens with zero attached hydrogens (tertiary/aromatic N) is 2. The van der Waals surface area contributed by atoms with Gasteiger partial charge in [-0.15, -0.1) is 0 Å². The van der Waals surface area contributed by atoms with Gasteiger partial charge >= 0.3 is 0 Å². The van der Waals surface area contributed by atoms with Crippen LogP contribution < -0.4 is 5.56 Å². The molecule has 108 valence electrons. The average Bonchev–Trinajstić information content (AvgIpc) is 2.46. The minimum atomic E-state index is -0.271. The van der Waals surface area contributed by atoms with Gasteiger partial charge in [0.2, 0.25) is 0 Å². The van der Waals surface area contributed by atoms with Gasteiger partial charge < -0.3 is 9.30 Å². The van der Waals surface area contributed by atoms with E-state index in [1.54, 1.807) is 11.7 Å². The molecule has 0 bridgehead atoms. The van der Waals surface area contributed by atoms with Gasteiger partial charge in [-0.1, -0.05) is 28.1 Å². The molecule has 0 aliphatic heterocycles. The molecule has 0 saturated carbocycles. The smallest absolute Gasteiger partial charge is 0.269 e. The van der Waals surface area contributed by atoms with Gasteiger partial charge in [-0.2, -0.15) is 5.26 Å². The quantitative estimate of drug-likeness (QED) is 0.854. The normalized spacial score (nSPS) is 10.4. The maximum absolute atomic E-state index is 12.5. The summed E-state index contributed by atoms with van der Waals surface area (Å²) < 4.78 is 7.65. The summed E-state index contributed by atoms with van der Waals surface area (Å²) >= 11 is 3.38. The number of benzene rings is 1. The zero-order valence-electron chi connectivity index (χ0n) is 11.9. The first-order valence-corrected chi connectivity index (χ1v) is 7.23. The van der Waals surface area contributed by atoms with Crippen molar-refractivity contribution in [1.29, 1.82) is 5.26 Å². The lowest BCUT2D eigenvalue weighted by molar-refractivity contribution is 0.184. The molecule has 2 rings (SSSR count). The highest BCUT2D eigenvalue weighted by Gasteiger charge is 2.12. The van der Waals surface area contributed by atoms with Gasteiger partial charge in [0.1, 0.15) is 11.6 Å². The van der Waals surface area contributed by atoms with Crippen LogP contribution in [0.1, 0.15) is 22.4 Å². The molecule has 0 aliphatic rings. The van der Waals surface area contributed by atoms with Gasteiger partial charge in [-0.25, -0.2) is 0 Å². The van der Waals surface area contributed by atoms with Crippen LogP contribution in [0.25, 0.3) is 0 Å². The van der Waals surface area contributed by atoms with E-state index in [1.165, 1.54) is 0 Å². The van der Waals surface area contributed by atoms with Crippen LogP contribution in [0.5, 0.6) is 0 Å². The monoisotopic (exact) mass is 346 g/mol. The second-order valence-corrected chi connectivity index (χ2v) is 5.66. The molecule has 0 radical (unpaired) electrons. The third kappa shape index (κ3) is 3.41. The van der Waals surface area contributed by atoms with Crippen molar-refractivity contribution in [1.82, 2.24) is 4.57 Å². The molecule has 2 aromatic rings. The number of hydrogen-bond acceptors (Lipinski definition) is 3. The van der Waals surface area contributed by atoms with Crippen LogP contribution in [0.2, 0.25) is 0 Å². The van der Waals surface area contributed by atoms with Crippen molar-refractivity contribution in [2.24, 2.45) is 0 Å². The minimum absolute atomic E-state index is 0.152. The maximum Gasteiger partial charge on any atom is 0.269 e. The van der Waals surface area contributed by atoms with E-state index >= 15 is 0 Å². The van der Waals surface area contributed by atoms with E-state index in [0.717, 1.165) is 15.7 Å². The lowest BCUT2D eigenvalue weighted by Crippen LogP contribution is -2.27. The molecule has 0 aliphatic carbocycles. The molecule has 1 aromatic heterocycles. The van der Waals surface area contributed by atoms with Gasteiger partial charge in [-0.3, -0.25) is 4.79 Å². The lowest BCUT2D eigenvalue weighted by atomic mass is 10.1. The summed E-state index contributed by atoms with van der Waals surface area (Å²) in [5.74, 6) is 0. The Balaban J connectivity index is 2.47. The van der Waals surface area contributed by atoms with Gasteiger partial charge in [-0.05, 0) is 30.7 Å². The highest BCUT2D eigenvalue weighted by Crippen LogP contribution is 2.13. The van der Waals surface area contributed by atoms with Gasteiger partial charge in [0.25, 0.3) is 5.56 Å². The van der Waals surface area contributed by atoms with Gasteiger partial charge in [0, 0.05) is 22.8 Å². The van der Waals surface area contributed by atoms with E-state index in [2.05, 4.69) is 15.9 Å². The fraction of sp³-hybridized carbons (Fsp3) is 0.250. The molecular weight excluding hydrogens is 332 g/mol. The molecule has 0 saturated heterocycles. The van der Waals surface area contributed by atoms with Crippen molar-refractivity contribution < 1.29 is 4.74 Å². The molecular formula is C16H15BrN2O2. The van der Waals surface area contributed by atoms with Crippen LogP contribution in [0.4, 0.5) is 0 Å². The van der Waals surface area contributed by atoms with E-state index in [9.17, 15) is 10.1 Å². The van der Waals surface area contributed by atoms with Gasteiger partial charge in [0.15, 0.2) is 0 Å². The topological polar surface area (TPSA) is 55.0 Å². The summed E-state index contributed by atoms with van der Waals surface area (Å²) in [7, 11) is 1.55. The minimum Gasteiger partial charge on any atom is -0.380 e.